The number of benzene rings is 2. The Labute approximate surface area is 131 Å². The molecule has 2 aromatic carbocycles. The minimum absolute atomic E-state index is 0.0472. The zero-order valence-electron chi connectivity index (χ0n) is 13.3. The van der Waals surface area contributed by atoms with Gasteiger partial charge < -0.3 is 0 Å². The smallest absolute Gasteiger partial charge is 0.166 e. The molecular formula is C20H21FO. The molecule has 0 N–H and O–H groups in total. The molecule has 0 saturated heterocycles. The molecule has 0 bridgehead atoms. The van der Waals surface area contributed by atoms with Crippen LogP contribution in [0.5, 0.6) is 0 Å². The standard InChI is InChI=1S/C20H21FO/c1-20(2,3)15-8-4-13(5-9-15)17-12-18(17)19(22)14-6-10-16(21)11-7-14/h4-11,17-18H,12H2,1-3H3. The highest BCUT2D eigenvalue weighted by Gasteiger charge is 2.43. The molecule has 1 saturated carbocycles. The molecule has 1 fully saturated rings. The molecule has 3 rings (SSSR count). The zero-order valence-corrected chi connectivity index (χ0v) is 13.3. The first-order valence-electron chi connectivity index (χ1n) is 7.76. The van der Waals surface area contributed by atoms with Crippen molar-refractivity contribution in [2.45, 2.75) is 38.5 Å². The zero-order chi connectivity index (χ0) is 15.9. The molecule has 0 heterocycles. The van der Waals surface area contributed by atoms with Gasteiger partial charge in [0.05, 0.1) is 0 Å². The van der Waals surface area contributed by atoms with Crippen molar-refractivity contribution in [2.75, 3.05) is 0 Å². The predicted molar refractivity (Wildman–Crippen MR) is 86.7 cm³/mol. The van der Waals surface area contributed by atoms with Crippen molar-refractivity contribution in [3.8, 4) is 0 Å². The summed E-state index contributed by atoms with van der Waals surface area (Å²) in [5.41, 5.74) is 3.29. The van der Waals surface area contributed by atoms with Crippen molar-refractivity contribution < 1.29 is 9.18 Å². The summed E-state index contributed by atoms with van der Waals surface area (Å²) in [4.78, 5) is 12.4. The number of hydrogen-bond donors (Lipinski definition) is 0. The maximum atomic E-state index is 12.9. The second kappa shape index (κ2) is 5.35. The summed E-state index contributed by atoms with van der Waals surface area (Å²) in [6, 6.07) is 14.5. The van der Waals surface area contributed by atoms with E-state index in [1.807, 2.05) is 0 Å². The van der Waals surface area contributed by atoms with Crippen LogP contribution in [0.15, 0.2) is 48.5 Å². The van der Waals surface area contributed by atoms with E-state index < -0.39 is 0 Å². The maximum Gasteiger partial charge on any atom is 0.166 e. The highest BCUT2D eigenvalue weighted by molar-refractivity contribution is 6.00. The largest absolute Gasteiger partial charge is 0.294 e. The van der Waals surface area contributed by atoms with E-state index in [1.165, 1.54) is 23.3 Å². The van der Waals surface area contributed by atoms with Crippen LogP contribution in [0.25, 0.3) is 0 Å². The monoisotopic (exact) mass is 296 g/mol. The third-order valence-electron chi connectivity index (χ3n) is 4.46. The quantitative estimate of drug-likeness (QED) is 0.719. The van der Waals surface area contributed by atoms with E-state index in [1.54, 1.807) is 12.1 Å². The van der Waals surface area contributed by atoms with E-state index in [2.05, 4.69) is 45.0 Å². The summed E-state index contributed by atoms with van der Waals surface area (Å²) in [7, 11) is 0. The van der Waals surface area contributed by atoms with Crippen molar-refractivity contribution in [3.63, 3.8) is 0 Å². The summed E-state index contributed by atoms with van der Waals surface area (Å²) < 4.78 is 12.9. The number of carbonyl (C=O) groups is 1. The topological polar surface area (TPSA) is 17.1 Å². The van der Waals surface area contributed by atoms with E-state index in [0.29, 0.717) is 11.5 Å². The Kier molecular flexibility index (Phi) is 3.64. The van der Waals surface area contributed by atoms with Gasteiger partial charge in [-0.2, -0.15) is 0 Å². The van der Waals surface area contributed by atoms with Gasteiger partial charge in [0.2, 0.25) is 0 Å². The summed E-state index contributed by atoms with van der Waals surface area (Å²) in [5.74, 6) is 0.184. The van der Waals surface area contributed by atoms with E-state index in [-0.39, 0.29) is 22.9 Å². The molecule has 2 atom stereocenters. The van der Waals surface area contributed by atoms with Crippen molar-refractivity contribution >= 4 is 5.78 Å². The Balaban J connectivity index is 1.71. The van der Waals surface area contributed by atoms with Crippen LogP contribution < -0.4 is 0 Å². The molecule has 0 radical (unpaired) electrons. The van der Waals surface area contributed by atoms with Crippen molar-refractivity contribution in [3.05, 3.63) is 71.0 Å². The lowest BCUT2D eigenvalue weighted by Crippen LogP contribution is -2.10. The molecule has 0 amide bonds. The number of hydrogen-bond acceptors (Lipinski definition) is 1. The van der Waals surface area contributed by atoms with Crippen LogP contribution in [0.4, 0.5) is 4.39 Å². The van der Waals surface area contributed by atoms with Crippen LogP contribution in [-0.2, 0) is 5.41 Å². The molecule has 2 heteroatoms. The average Bonchev–Trinajstić information content (AvgIpc) is 3.27. The van der Waals surface area contributed by atoms with Gasteiger partial charge in [0.1, 0.15) is 5.82 Å². The van der Waals surface area contributed by atoms with Crippen LogP contribution in [0.3, 0.4) is 0 Å². The van der Waals surface area contributed by atoms with Crippen molar-refractivity contribution in [1.82, 2.24) is 0 Å². The predicted octanol–water partition coefficient (Wildman–Crippen LogP) is 5.11. The minimum Gasteiger partial charge on any atom is -0.294 e. The maximum absolute atomic E-state index is 12.9. The number of halogens is 1. The average molecular weight is 296 g/mol. The Hall–Kier alpha value is -1.96. The molecule has 0 spiro atoms. The Morgan fingerprint density at radius 2 is 1.59 bits per heavy atom. The van der Waals surface area contributed by atoms with Crippen LogP contribution in [0.1, 0.15) is 54.6 Å². The Bertz CT molecular complexity index is 677. The van der Waals surface area contributed by atoms with Gasteiger partial charge in [-0.1, -0.05) is 45.0 Å². The minimum atomic E-state index is -0.304. The van der Waals surface area contributed by atoms with Gasteiger partial charge in [0.25, 0.3) is 0 Å². The summed E-state index contributed by atoms with van der Waals surface area (Å²) in [6.07, 6.45) is 0.894. The molecule has 2 unspecified atom stereocenters. The highest BCUT2D eigenvalue weighted by atomic mass is 19.1. The highest BCUT2D eigenvalue weighted by Crippen LogP contribution is 2.49. The van der Waals surface area contributed by atoms with E-state index in [4.69, 9.17) is 0 Å². The third-order valence-corrected chi connectivity index (χ3v) is 4.46. The van der Waals surface area contributed by atoms with Gasteiger partial charge >= 0.3 is 0 Å². The second-order valence-corrected chi connectivity index (χ2v) is 7.19. The van der Waals surface area contributed by atoms with Gasteiger partial charge in [-0.05, 0) is 53.1 Å². The fourth-order valence-corrected chi connectivity index (χ4v) is 2.91. The molecule has 0 aliphatic heterocycles. The normalized spacial score (nSPS) is 20.7. The first kappa shape index (κ1) is 15.0. The molecule has 1 aliphatic rings. The van der Waals surface area contributed by atoms with E-state index in [0.717, 1.165) is 6.42 Å². The fraction of sp³-hybridized carbons (Fsp3) is 0.350. The van der Waals surface area contributed by atoms with Crippen LogP contribution >= 0.6 is 0 Å². The Morgan fingerprint density at radius 3 is 2.14 bits per heavy atom. The number of ketones is 1. The first-order chi connectivity index (χ1) is 10.4. The Morgan fingerprint density at radius 1 is 1.00 bits per heavy atom. The second-order valence-electron chi connectivity index (χ2n) is 7.19. The number of carbonyl (C=O) groups excluding carboxylic acids is 1. The van der Waals surface area contributed by atoms with Gasteiger partial charge in [-0.3, -0.25) is 4.79 Å². The number of rotatable bonds is 3. The summed E-state index contributed by atoms with van der Waals surface area (Å²) in [5, 5.41) is 0. The van der Waals surface area contributed by atoms with Crippen LogP contribution in [0, 0.1) is 11.7 Å². The van der Waals surface area contributed by atoms with Gasteiger partial charge in [0, 0.05) is 11.5 Å². The molecule has 1 aliphatic carbocycles. The molecule has 1 nitrogen and oxygen atoms in total. The third kappa shape index (κ3) is 2.96. The van der Waals surface area contributed by atoms with E-state index >= 15 is 0 Å². The van der Waals surface area contributed by atoms with Crippen LogP contribution in [0.2, 0.25) is 0 Å². The van der Waals surface area contributed by atoms with Crippen molar-refractivity contribution in [1.29, 1.82) is 0 Å². The molecule has 2 aromatic rings. The SMILES string of the molecule is CC(C)(C)c1ccc(C2CC2C(=O)c2ccc(F)cc2)cc1. The lowest BCUT2D eigenvalue weighted by atomic mass is 9.86. The molecule has 0 aromatic heterocycles. The summed E-state index contributed by atoms with van der Waals surface area (Å²) >= 11 is 0. The van der Waals surface area contributed by atoms with Gasteiger partial charge in [-0.25, -0.2) is 4.39 Å². The van der Waals surface area contributed by atoms with Gasteiger partial charge in [-0.15, -0.1) is 0 Å². The lowest BCUT2D eigenvalue weighted by molar-refractivity contribution is 0.0965. The molecule has 114 valence electrons. The number of Topliss-reactive ketones (excluding diaryl/α,β-unsaturated/α-hetero) is 1. The van der Waals surface area contributed by atoms with Gasteiger partial charge in [0.15, 0.2) is 5.78 Å². The van der Waals surface area contributed by atoms with E-state index in [9.17, 15) is 9.18 Å². The lowest BCUT2D eigenvalue weighted by Gasteiger charge is -2.19. The van der Waals surface area contributed by atoms with Crippen molar-refractivity contribution in [2.24, 2.45) is 5.92 Å². The van der Waals surface area contributed by atoms with Crippen LogP contribution in [-0.4, -0.2) is 5.78 Å². The fourth-order valence-electron chi connectivity index (χ4n) is 2.91. The summed E-state index contributed by atoms with van der Waals surface area (Å²) in [6.45, 7) is 6.58. The molecule has 22 heavy (non-hydrogen) atoms. The molecular weight excluding hydrogens is 275 g/mol. The first-order valence-corrected chi connectivity index (χ1v) is 7.76.